The summed E-state index contributed by atoms with van der Waals surface area (Å²) in [4.78, 5) is 7.05. The van der Waals surface area contributed by atoms with Gasteiger partial charge in [-0.25, -0.2) is 9.58 Å². The summed E-state index contributed by atoms with van der Waals surface area (Å²) in [7, 11) is 0. The molecule has 7 aromatic rings. The fraction of sp³-hybridized carbons (Fsp3) is 0.250. The van der Waals surface area contributed by atoms with E-state index in [2.05, 4.69) is 195 Å². The van der Waals surface area contributed by atoms with Crippen molar-refractivity contribution in [3.8, 4) is 5.82 Å². The van der Waals surface area contributed by atoms with Gasteiger partial charge in [-0.05, 0) is 51.0 Å². The maximum Gasteiger partial charge on any atom is 0.225 e. The molecule has 9 rings (SSSR count). The van der Waals surface area contributed by atoms with Crippen molar-refractivity contribution in [1.29, 1.82) is 0 Å². The molecule has 6 heteroatoms. The van der Waals surface area contributed by atoms with E-state index >= 15 is 0 Å². The summed E-state index contributed by atoms with van der Waals surface area (Å²) in [5, 5.41) is 2.38. The summed E-state index contributed by atoms with van der Waals surface area (Å²) < 4.78 is 3.59. The molecule has 2 aliphatic heterocycles. The molecule has 1 fully saturated rings. The van der Waals surface area contributed by atoms with Crippen molar-refractivity contribution in [2.45, 2.75) is 88.3 Å². The minimum atomic E-state index is -0.0521. The zero-order chi connectivity index (χ0) is 37.1. The number of hydrogen-bond donors (Lipinski definition) is 0. The summed E-state index contributed by atoms with van der Waals surface area (Å²) in [6.07, 6.45) is 1.94. The van der Waals surface area contributed by atoms with E-state index in [1.54, 1.807) is 11.8 Å². The molecule has 0 spiro atoms. The van der Waals surface area contributed by atoms with Crippen LogP contribution in [-0.4, -0.2) is 9.55 Å². The first-order valence-electron chi connectivity index (χ1n) is 18.7. The fourth-order valence-electron chi connectivity index (χ4n) is 8.11. The Labute approximate surface area is 339 Å². The Hall–Kier alpha value is -3.99. The molecule has 5 aromatic carbocycles. The zero-order valence-corrected chi connectivity index (χ0v) is 35.6. The van der Waals surface area contributed by atoms with Gasteiger partial charge in [0.15, 0.2) is 12.4 Å². The summed E-state index contributed by atoms with van der Waals surface area (Å²) in [5.41, 5.74) is 11.2. The van der Waals surface area contributed by atoms with Crippen molar-refractivity contribution in [2.24, 2.45) is 0 Å². The van der Waals surface area contributed by atoms with Crippen molar-refractivity contribution in [1.82, 2.24) is 18.7 Å². The van der Waals surface area contributed by atoms with Crippen LogP contribution in [0.5, 0.6) is 0 Å². The monoisotopic (exact) mass is 906 g/mol. The predicted molar refractivity (Wildman–Crippen MR) is 223 cm³/mol. The smallest absolute Gasteiger partial charge is 0.225 e. The summed E-state index contributed by atoms with van der Waals surface area (Å²) in [6, 6.07) is 48.1. The van der Waals surface area contributed by atoms with Crippen LogP contribution in [0.25, 0.3) is 27.6 Å². The first-order valence-corrected chi connectivity index (χ1v) is 19.5. The molecule has 0 amide bonds. The van der Waals surface area contributed by atoms with Crippen LogP contribution in [0, 0.1) is 18.8 Å². The van der Waals surface area contributed by atoms with Gasteiger partial charge in [-0.15, -0.1) is 45.8 Å². The summed E-state index contributed by atoms with van der Waals surface area (Å²) in [5.74, 6) is 0.916. The van der Waals surface area contributed by atoms with Crippen LogP contribution < -0.4 is 9.18 Å². The van der Waals surface area contributed by atoms with Crippen molar-refractivity contribution < 1.29 is 21.1 Å². The molecule has 4 heterocycles. The van der Waals surface area contributed by atoms with Crippen LogP contribution in [0.1, 0.15) is 79.0 Å². The minimum Gasteiger partial charge on any atom is -0.319 e. The van der Waals surface area contributed by atoms with Gasteiger partial charge in [0.2, 0.25) is 11.4 Å². The molecule has 276 valence electrons. The predicted octanol–water partition coefficient (Wildman–Crippen LogP) is 13.2. The molecule has 0 bridgehead atoms. The number of para-hydroxylation sites is 3. The number of hydrogen-bond acceptors (Lipinski definition) is 2. The number of benzene rings is 5. The first kappa shape index (κ1) is 37.0. The minimum absolute atomic E-state index is 0. The standard InChI is InChI=1S/C48H47N4S.Pt/c1-46(2,3)32-15-14-16-35(25-32)51-31-52(51,44-20-13-12-19-43(44)51)36-26-34(48(7,8)9)27-38(29-36)53-37-21-22-40-39-17-10-11-18-41(39)50(42(40)30-37)45-28-33(23-24-49-45)47(4,5)6;/h10-28,31H,1-9H3;/q-1;/t51-,52?;/m0./s1. The number of pyridine rings is 1. The molecule has 0 N–H and O–H groups in total. The third kappa shape index (κ3) is 5.57. The van der Waals surface area contributed by atoms with Gasteiger partial charge in [0.05, 0.1) is 5.69 Å². The van der Waals surface area contributed by atoms with Gasteiger partial charge in [-0.1, -0.05) is 115 Å². The summed E-state index contributed by atoms with van der Waals surface area (Å²) >= 11 is 1.74. The van der Waals surface area contributed by atoms with Gasteiger partial charge < -0.3 is 4.57 Å². The van der Waals surface area contributed by atoms with Crippen LogP contribution in [0.2, 0.25) is 0 Å². The van der Waals surface area contributed by atoms with E-state index in [4.69, 9.17) is 4.98 Å². The molecular weight excluding hydrogens is 860 g/mol. The third-order valence-corrected chi connectivity index (χ3v) is 12.1. The van der Waals surface area contributed by atoms with Crippen molar-refractivity contribution in [3.63, 3.8) is 0 Å². The Kier molecular flexibility index (Phi) is 8.56. The second kappa shape index (κ2) is 12.5. The molecule has 0 radical (unpaired) electrons. The van der Waals surface area contributed by atoms with Gasteiger partial charge in [-0.3, -0.25) is 0 Å². The second-order valence-corrected chi connectivity index (χ2v) is 18.9. The molecule has 1 saturated heterocycles. The Morgan fingerprint density at radius 1 is 0.593 bits per heavy atom. The number of nitrogens with zero attached hydrogens (tertiary/aromatic N) is 4. The van der Waals surface area contributed by atoms with E-state index in [9.17, 15) is 0 Å². The van der Waals surface area contributed by atoms with Gasteiger partial charge in [-0.2, -0.15) is 22.8 Å². The maximum atomic E-state index is 4.90. The van der Waals surface area contributed by atoms with Crippen LogP contribution >= 0.6 is 11.8 Å². The van der Waals surface area contributed by atoms with Gasteiger partial charge in [0, 0.05) is 57.0 Å². The molecule has 4 nitrogen and oxygen atoms in total. The number of quaternary nitrogens is 2. The molecule has 54 heavy (non-hydrogen) atoms. The van der Waals surface area contributed by atoms with E-state index < -0.39 is 0 Å². The van der Waals surface area contributed by atoms with E-state index in [-0.39, 0.29) is 37.3 Å². The van der Waals surface area contributed by atoms with E-state index in [0.717, 1.165) is 32.3 Å². The SMILES string of the molecule is CC(C)(C)c1cc(Sc2[c-]c3c(cc2)c2ccccc2n3-c2cc(C(C)(C)C)ccn2)[c-]c([N+]23[CH-][N@+]2(c2cccc(C(C)(C)C)c2)c2ccccc23)c1.[Pt]. The zero-order valence-electron chi connectivity index (χ0n) is 32.6. The Bertz CT molecular complexity index is 2600. The van der Waals surface area contributed by atoms with Gasteiger partial charge in [0.1, 0.15) is 5.82 Å². The topological polar surface area (TPSA) is 17.8 Å². The molecule has 2 atom stereocenters. The average molecular weight is 907 g/mol. The summed E-state index contributed by atoms with van der Waals surface area (Å²) in [6.45, 7) is 23.0. The first-order chi connectivity index (χ1) is 25.1. The Morgan fingerprint density at radius 2 is 1.26 bits per heavy atom. The maximum absolute atomic E-state index is 4.90. The van der Waals surface area contributed by atoms with Gasteiger partial charge in [0.25, 0.3) is 0 Å². The molecular formula is C48H47N4PtS-. The molecule has 2 aliphatic rings. The van der Waals surface area contributed by atoms with E-state index in [1.807, 2.05) is 6.20 Å². The van der Waals surface area contributed by atoms with Crippen LogP contribution in [0.15, 0.2) is 125 Å². The molecule has 2 aromatic heterocycles. The van der Waals surface area contributed by atoms with E-state index in [1.165, 1.54) is 44.5 Å². The molecule has 1 unspecified atom stereocenters. The van der Waals surface area contributed by atoms with Crippen LogP contribution in [-0.2, 0) is 37.3 Å². The number of rotatable bonds is 5. The Morgan fingerprint density at radius 3 is 1.98 bits per heavy atom. The number of aromatic nitrogens is 2. The Balaban J connectivity index is 0.00000413. The normalized spacial score (nSPS) is 19.2. The largest absolute Gasteiger partial charge is 0.319 e. The molecule has 0 aliphatic carbocycles. The second-order valence-electron chi connectivity index (χ2n) is 17.8. The van der Waals surface area contributed by atoms with Crippen molar-refractivity contribution in [2.75, 3.05) is 0 Å². The van der Waals surface area contributed by atoms with Crippen LogP contribution in [0.3, 0.4) is 0 Å². The van der Waals surface area contributed by atoms with Crippen LogP contribution in [0.4, 0.5) is 22.7 Å². The van der Waals surface area contributed by atoms with Crippen molar-refractivity contribution >= 4 is 56.3 Å². The van der Waals surface area contributed by atoms with E-state index in [0.29, 0.717) is 9.18 Å². The quantitative estimate of drug-likeness (QED) is 0.0973. The van der Waals surface area contributed by atoms with Crippen molar-refractivity contribution in [3.05, 3.63) is 151 Å². The average Bonchev–Trinajstić information content (AvgIpc) is 3.61. The third-order valence-electron chi connectivity index (χ3n) is 11.2. The number of fused-ring (bicyclic) bond motifs is 7. The van der Waals surface area contributed by atoms with Gasteiger partial charge >= 0.3 is 0 Å². The fourth-order valence-corrected chi connectivity index (χ4v) is 8.97. The molecule has 0 saturated carbocycles.